The van der Waals surface area contributed by atoms with E-state index in [1.54, 1.807) is 4.90 Å². The molecule has 0 aliphatic carbocycles. The van der Waals surface area contributed by atoms with Crippen molar-refractivity contribution >= 4 is 11.4 Å². The predicted octanol–water partition coefficient (Wildman–Crippen LogP) is 3.23. The van der Waals surface area contributed by atoms with Crippen molar-refractivity contribution in [3.63, 3.8) is 0 Å². The Balaban J connectivity index is 2.24. The van der Waals surface area contributed by atoms with Crippen molar-refractivity contribution in [2.24, 2.45) is 0 Å². The highest BCUT2D eigenvalue weighted by atomic mass is 19.4. The lowest BCUT2D eigenvalue weighted by molar-refractivity contribution is -0.137. The second-order valence-electron chi connectivity index (χ2n) is 4.46. The van der Waals surface area contributed by atoms with Crippen molar-refractivity contribution < 1.29 is 17.6 Å². The number of nitrogen functional groups attached to an aromatic ring is 1. The molecule has 1 heterocycles. The number of alkyl halides is 4. The van der Waals surface area contributed by atoms with Crippen molar-refractivity contribution in [3.05, 3.63) is 23.8 Å². The third kappa shape index (κ3) is 2.68. The van der Waals surface area contributed by atoms with Gasteiger partial charge in [0, 0.05) is 13.1 Å². The number of benzene rings is 1. The Morgan fingerprint density at radius 1 is 1.28 bits per heavy atom. The van der Waals surface area contributed by atoms with Crippen LogP contribution in [-0.4, -0.2) is 19.3 Å². The van der Waals surface area contributed by atoms with E-state index in [1.807, 2.05) is 0 Å². The number of anilines is 2. The summed E-state index contributed by atoms with van der Waals surface area (Å²) in [7, 11) is 0. The third-order valence-corrected chi connectivity index (χ3v) is 3.06. The molecule has 0 amide bonds. The number of hydrogen-bond acceptors (Lipinski definition) is 2. The largest absolute Gasteiger partial charge is 0.416 e. The summed E-state index contributed by atoms with van der Waals surface area (Å²) in [5.41, 5.74) is 5.37. The van der Waals surface area contributed by atoms with Gasteiger partial charge in [0.05, 0.1) is 16.9 Å². The molecule has 6 heteroatoms. The van der Waals surface area contributed by atoms with Crippen LogP contribution in [0.25, 0.3) is 0 Å². The van der Waals surface area contributed by atoms with Gasteiger partial charge < -0.3 is 10.6 Å². The fourth-order valence-electron chi connectivity index (χ4n) is 2.16. The zero-order chi connectivity index (χ0) is 13.3. The summed E-state index contributed by atoms with van der Waals surface area (Å²) in [6.07, 6.45) is -4.17. The average Bonchev–Trinajstić information content (AvgIpc) is 2.27. The van der Waals surface area contributed by atoms with E-state index in [0.717, 1.165) is 12.1 Å². The van der Waals surface area contributed by atoms with E-state index >= 15 is 0 Å². The molecule has 1 aliphatic heterocycles. The molecular weight excluding hydrogens is 248 g/mol. The summed E-state index contributed by atoms with van der Waals surface area (Å²) in [6, 6.07) is 3.20. The first-order valence-corrected chi connectivity index (χ1v) is 5.73. The predicted molar refractivity (Wildman–Crippen MR) is 62.2 cm³/mol. The van der Waals surface area contributed by atoms with Gasteiger partial charge in [0.15, 0.2) is 0 Å². The van der Waals surface area contributed by atoms with Crippen LogP contribution in [0.3, 0.4) is 0 Å². The standard InChI is InChI=1S/C12H14F4N2/c13-9-2-1-5-18(7-9)11-4-3-8(6-10(11)17)12(14,15)16/h3-4,6,9H,1-2,5,7,17H2/t9-/m0/s1. The summed E-state index contributed by atoms with van der Waals surface area (Å²) in [6.45, 7) is 0.811. The summed E-state index contributed by atoms with van der Waals surface area (Å²) >= 11 is 0. The van der Waals surface area contributed by atoms with Crippen molar-refractivity contribution in [1.82, 2.24) is 0 Å². The van der Waals surface area contributed by atoms with Crippen LogP contribution in [0.1, 0.15) is 18.4 Å². The first-order valence-electron chi connectivity index (χ1n) is 5.73. The molecule has 2 rings (SSSR count). The Labute approximate surface area is 102 Å². The van der Waals surface area contributed by atoms with Crippen LogP contribution >= 0.6 is 0 Å². The molecule has 100 valence electrons. The van der Waals surface area contributed by atoms with Crippen LogP contribution in [0.5, 0.6) is 0 Å². The number of hydrogen-bond donors (Lipinski definition) is 1. The highest BCUT2D eigenvalue weighted by Gasteiger charge is 2.31. The molecule has 0 bridgehead atoms. The summed E-state index contributed by atoms with van der Waals surface area (Å²) in [4.78, 5) is 1.70. The maximum absolute atomic E-state index is 13.3. The minimum Gasteiger partial charge on any atom is -0.397 e. The topological polar surface area (TPSA) is 29.3 Å². The van der Waals surface area contributed by atoms with Crippen molar-refractivity contribution in [2.45, 2.75) is 25.2 Å². The molecule has 0 spiro atoms. The zero-order valence-electron chi connectivity index (χ0n) is 9.67. The Kier molecular flexibility index (Phi) is 3.36. The van der Waals surface area contributed by atoms with Gasteiger partial charge in [-0.15, -0.1) is 0 Å². The number of halogens is 4. The molecule has 1 saturated heterocycles. The fourth-order valence-corrected chi connectivity index (χ4v) is 2.16. The van der Waals surface area contributed by atoms with Crippen LogP contribution in [-0.2, 0) is 6.18 Å². The Bertz CT molecular complexity index is 431. The molecule has 2 nitrogen and oxygen atoms in total. The van der Waals surface area contributed by atoms with Crippen LogP contribution in [0.2, 0.25) is 0 Å². The smallest absolute Gasteiger partial charge is 0.397 e. The Morgan fingerprint density at radius 2 is 2.00 bits per heavy atom. The maximum atomic E-state index is 13.3. The van der Waals surface area contributed by atoms with E-state index in [0.29, 0.717) is 25.1 Å². The molecule has 0 saturated carbocycles. The summed E-state index contributed by atoms with van der Waals surface area (Å²) in [5.74, 6) is 0. The zero-order valence-corrected chi connectivity index (χ0v) is 9.67. The van der Waals surface area contributed by atoms with E-state index in [1.165, 1.54) is 6.07 Å². The van der Waals surface area contributed by atoms with Crippen LogP contribution < -0.4 is 10.6 Å². The molecule has 0 aromatic heterocycles. The molecular formula is C12H14F4N2. The lowest BCUT2D eigenvalue weighted by Crippen LogP contribution is -2.36. The molecule has 0 radical (unpaired) electrons. The number of piperidine rings is 1. The molecule has 1 aliphatic rings. The first kappa shape index (κ1) is 13.0. The number of rotatable bonds is 1. The summed E-state index contributed by atoms with van der Waals surface area (Å²) < 4.78 is 50.7. The van der Waals surface area contributed by atoms with E-state index in [9.17, 15) is 17.6 Å². The maximum Gasteiger partial charge on any atom is 0.416 e. The Hall–Kier alpha value is -1.46. The first-order chi connectivity index (χ1) is 8.38. The van der Waals surface area contributed by atoms with Gasteiger partial charge >= 0.3 is 6.18 Å². The van der Waals surface area contributed by atoms with Gasteiger partial charge in [-0.2, -0.15) is 13.2 Å². The fraction of sp³-hybridized carbons (Fsp3) is 0.500. The molecule has 1 aromatic carbocycles. The van der Waals surface area contributed by atoms with Crippen LogP contribution in [0.15, 0.2) is 18.2 Å². The second-order valence-corrected chi connectivity index (χ2v) is 4.46. The number of nitrogens with zero attached hydrogens (tertiary/aromatic N) is 1. The quantitative estimate of drug-likeness (QED) is 0.622. The third-order valence-electron chi connectivity index (χ3n) is 3.06. The van der Waals surface area contributed by atoms with E-state index in [2.05, 4.69) is 0 Å². The van der Waals surface area contributed by atoms with Gasteiger partial charge in [0.2, 0.25) is 0 Å². The number of nitrogens with two attached hydrogens (primary N) is 1. The normalized spacial score (nSPS) is 21.1. The molecule has 1 atom stereocenters. The van der Waals surface area contributed by atoms with E-state index in [-0.39, 0.29) is 12.2 Å². The van der Waals surface area contributed by atoms with Gasteiger partial charge in [-0.1, -0.05) is 0 Å². The highest BCUT2D eigenvalue weighted by Crippen LogP contribution is 2.34. The van der Waals surface area contributed by atoms with Gasteiger partial charge in [-0.25, -0.2) is 4.39 Å². The minimum atomic E-state index is -4.41. The SMILES string of the molecule is Nc1cc(C(F)(F)F)ccc1N1CCC[C@H](F)C1. The monoisotopic (exact) mass is 262 g/mol. The van der Waals surface area contributed by atoms with Crippen LogP contribution in [0.4, 0.5) is 28.9 Å². The van der Waals surface area contributed by atoms with Crippen molar-refractivity contribution in [1.29, 1.82) is 0 Å². The van der Waals surface area contributed by atoms with Crippen molar-refractivity contribution in [2.75, 3.05) is 23.7 Å². The van der Waals surface area contributed by atoms with E-state index < -0.39 is 17.9 Å². The lowest BCUT2D eigenvalue weighted by atomic mass is 10.1. The van der Waals surface area contributed by atoms with Crippen molar-refractivity contribution in [3.8, 4) is 0 Å². The Morgan fingerprint density at radius 3 is 2.56 bits per heavy atom. The second kappa shape index (κ2) is 4.66. The minimum absolute atomic E-state index is 0.0407. The average molecular weight is 262 g/mol. The van der Waals surface area contributed by atoms with E-state index in [4.69, 9.17) is 5.73 Å². The van der Waals surface area contributed by atoms with Crippen LogP contribution in [0, 0.1) is 0 Å². The molecule has 2 N–H and O–H groups in total. The van der Waals surface area contributed by atoms with Gasteiger partial charge in [0.1, 0.15) is 6.17 Å². The molecule has 0 unspecified atom stereocenters. The molecule has 18 heavy (non-hydrogen) atoms. The lowest BCUT2D eigenvalue weighted by Gasteiger charge is -2.32. The van der Waals surface area contributed by atoms with Gasteiger partial charge in [0.25, 0.3) is 0 Å². The van der Waals surface area contributed by atoms with Gasteiger partial charge in [-0.05, 0) is 31.0 Å². The highest BCUT2D eigenvalue weighted by molar-refractivity contribution is 5.69. The summed E-state index contributed by atoms with van der Waals surface area (Å²) in [5, 5.41) is 0. The molecule has 1 aromatic rings. The molecule has 1 fully saturated rings. The van der Waals surface area contributed by atoms with Gasteiger partial charge in [-0.3, -0.25) is 0 Å².